The first-order valence-corrected chi connectivity index (χ1v) is 19.5. The zero-order valence-corrected chi connectivity index (χ0v) is 31.6. The van der Waals surface area contributed by atoms with E-state index in [1.807, 2.05) is 72.8 Å². The summed E-state index contributed by atoms with van der Waals surface area (Å²) in [6.45, 7) is 0. The molecule has 10 rings (SSSR count). The van der Waals surface area contributed by atoms with Crippen LogP contribution in [0.5, 0.6) is 0 Å². The third-order valence-corrected chi connectivity index (χ3v) is 10.5. The van der Waals surface area contributed by atoms with Crippen molar-refractivity contribution in [2.45, 2.75) is 0 Å². The van der Waals surface area contributed by atoms with E-state index in [0.717, 1.165) is 72.8 Å². The molecule has 0 aliphatic heterocycles. The molecule has 0 unspecified atom stereocenters. The van der Waals surface area contributed by atoms with Crippen LogP contribution in [0.1, 0.15) is 0 Å². The van der Waals surface area contributed by atoms with Gasteiger partial charge in [-0.25, -0.2) is 19.9 Å². The molecule has 0 bridgehead atoms. The molecule has 0 fully saturated rings. The minimum absolute atomic E-state index is 0.701. The van der Waals surface area contributed by atoms with Crippen LogP contribution in [0.2, 0.25) is 0 Å². The number of hydrogen-bond donors (Lipinski definition) is 0. The van der Waals surface area contributed by atoms with Crippen molar-refractivity contribution in [3.05, 3.63) is 218 Å². The lowest BCUT2D eigenvalue weighted by Crippen LogP contribution is -1.96. The van der Waals surface area contributed by atoms with E-state index in [9.17, 15) is 0 Å². The zero-order chi connectivity index (χ0) is 38.7. The van der Waals surface area contributed by atoms with Crippen molar-refractivity contribution < 1.29 is 0 Å². The summed E-state index contributed by atoms with van der Waals surface area (Å²) in [7, 11) is 0. The van der Waals surface area contributed by atoms with Crippen molar-refractivity contribution in [2.24, 2.45) is 0 Å². The lowest BCUT2D eigenvalue weighted by atomic mass is 9.94. The Bertz CT molecular complexity index is 2890. The van der Waals surface area contributed by atoms with Crippen LogP contribution in [-0.4, -0.2) is 19.9 Å². The second-order valence-electron chi connectivity index (χ2n) is 14.3. The third-order valence-electron chi connectivity index (χ3n) is 10.5. The molecule has 0 radical (unpaired) electrons. The van der Waals surface area contributed by atoms with E-state index in [2.05, 4.69) is 146 Å². The topological polar surface area (TPSA) is 51.6 Å². The molecule has 10 aromatic rings. The first-order valence-electron chi connectivity index (χ1n) is 19.5. The Morgan fingerprint density at radius 2 is 0.586 bits per heavy atom. The third kappa shape index (κ3) is 7.07. The fraction of sp³-hybridized carbons (Fsp3) is 0. The minimum Gasteiger partial charge on any atom is -0.228 e. The summed E-state index contributed by atoms with van der Waals surface area (Å²) < 4.78 is 0. The summed E-state index contributed by atoms with van der Waals surface area (Å²) in [4.78, 5) is 20.1. The molecule has 4 nitrogen and oxygen atoms in total. The molecule has 0 aliphatic carbocycles. The maximum absolute atomic E-state index is 5.03. The van der Waals surface area contributed by atoms with Gasteiger partial charge in [0.15, 0.2) is 11.6 Å². The predicted octanol–water partition coefficient (Wildman–Crippen LogP) is 13.8. The van der Waals surface area contributed by atoms with Gasteiger partial charge in [-0.1, -0.05) is 200 Å². The highest BCUT2D eigenvalue weighted by Gasteiger charge is 2.14. The van der Waals surface area contributed by atoms with E-state index in [1.54, 1.807) is 0 Å². The van der Waals surface area contributed by atoms with E-state index in [0.29, 0.717) is 11.6 Å². The first kappa shape index (κ1) is 34.7. The standard InChI is InChI=1S/C54H36N4/c1-5-14-39(15-6-1)49-35-50(40-16-7-2-8-17-40)56-53(55-49)43-28-24-37(25-29-43)45-32-33-48-46(34-45)22-13-23-47(48)38-26-30-44(31-27-38)54-57-51(41-18-9-3-10-19-41)36-52(58-54)42-20-11-4-12-21-42/h1-36H. The molecule has 8 aromatic carbocycles. The second-order valence-corrected chi connectivity index (χ2v) is 14.3. The van der Waals surface area contributed by atoms with Gasteiger partial charge in [0.05, 0.1) is 22.8 Å². The molecule has 0 amide bonds. The van der Waals surface area contributed by atoms with Gasteiger partial charge < -0.3 is 0 Å². The van der Waals surface area contributed by atoms with Gasteiger partial charge in [0, 0.05) is 33.4 Å². The molecule has 0 saturated carbocycles. The number of fused-ring (bicyclic) bond motifs is 1. The summed E-state index contributed by atoms with van der Waals surface area (Å²) in [5.74, 6) is 1.40. The molecule has 2 aromatic heterocycles. The summed E-state index contributed by atoms with van der Waals surface area (Å²) in [5, 5.41) is 2.38. The molecule has 4 heteroatoms. The van der Waals surface area contributed by atoms with Gasteiger partial charge >= 0.3 is 0 Å². The van der Waals surface area contributed by atoms with E-state index in [1.165, 1.54) is 16.3 Å². The summed E-state index contributed by atoms with van der Waals surface area (Å²) >= 11 is 0. The first-order chi connectivity index (χ1) is 28.7. The highest BCUT2D eigenvalue weighted by atomic mass is 14.9. The fourth-order valence-corrected chi connectivity index (χ4v) is 7.51. The molecular weight excluding hydrogens is 705 g/mol. The average molecular weight is 741 g/mol. The van der Waals surface area contributed by atoms with Gasteiger partial charge in [-0.15, -0.1) is 0 Å². The number of aromatic nitrogens is 4. The Morgan fingerprint density at radius 3 is 1.00 bits per heavy atom. The number of hydrogen-bond acceptors (Lipinski definition) is 4. The van der Waals surface area contributed by atoms with Crippen LogP contribution in [0.15, 0.2) is 218 Å². The Labute approximate surface area is 337 Å². The summed E-state index contributed by atoms with van der Waals surface area (Å²) in [5.41, 5.74) is 14.4. The molecular formula is C54H36N4. The second kappa shape index (κ2) is 15.4. The number of nitrogens with zero attached hydrogens (tertiary/aromatic N) is 4. The van der Waals surface area contributed by atoms with Crippen LogP contribution >= 0.6 is 0 Å². The SMILES string of the molecule is c1ccc(-c2cc(-c3ccccc3)nc(-c3ccc(-c4ccc5c(-c6ccc(-c7nc(-c8ccccc8)cc(-c8ccccc8)n7)cc6)cccc5c4)cc3)n2)cc1. The van der Waals surface area contributed by atoms with E-state index in [-0.39, 0.29) is 0 Å². The van der Waals surface area contributed by atoms with Crippen LogP contribution in [-0.2, 0) is 0 Å². The van der Waals surface area contributed by atoms with Crippen molar-refractivity contribution in [3.63, 3.8) is 0 Å². The van der Waals surface area contributed by atoms with Gasteiger partial charge in [-0.05, 0) is 51.2 Å². The van der Waals surface area contributed by atoms with Gasteiger partial charge in [-0.3, -0.25) is 0 Å². The maximum Gasteiger partial charge on any atom is 0.160 e. The zero-order valence-electron chi connectivity index (χ0n) is 31.6. The van der Waals surface area contributed by atoms with Gasteiger partial charge in [-0.2, -0.15) is 0 Å². The van der Waals surface area contributed by atoms with Crippen LogP contribution in [0.4, 0.5) is 0 Å². The quantitative estimate of drug-likeness (QED) is 0.156. The monoisotopic (exact) mass is 740 g/mol. The number of benzene rings is 8. The molecule has 58 heavy (non-hydrogen) atoms. The summed E-state index contributed by atoms with van der Waals surface area (Å²) in [6.07, 6.45) is 0. The fourth-order valence-electron chi connectivity index (χ4n) is 7.51. The number of rotatable bonds is 8. The molecule has 2 heterocycles. The largest absolute Gasteiger partial charge is 0.228 e. The van der Waals surface area contributed by atoms with Gasteiger partial charge in [0.2, 0.25) is 0 Å². The van der Waals surface area contributed by atoms with Crippen molar-refractivity contribution in [2.75, 3.05) is 0 Å². The Morgan fingerprint density at radius 1 is 0.224 bits per heavy atom. The minimum atomic E-state index is 0.701. The summed E-state index contributed by atoms with van der Waals surface area (Å²) in [6, 6.07) is 75.7. The lowest BCUT2D eigenvalue weighted by Gasteiger charge is -2.12. The van der Waals surface area contributed by atoms with Crippen molar-refractivity contribution >= 4 is 10.8 Å². The molecule has 0 N–H and O–H groups in total. The highest BCUT2D eigenvalue weighted by Crippen LogP contribution is 2.35. The molecule has 0 aliphatic rings. The van der Waals surface area contributed by atoms with Crippen LogP contribution in [0, 0.1) is 0 Å². The normalized spacial score (nSPS) is 11.1. The maximum atomic E-state index is 5.03. The predicted molar refractivity (Wildman–Crippen MR) is 239 cm³/mol. The van der Waals surface area contributed by atoms with Crippen molar-refractivity contribution in [3.8, 4) is 90.1 Å². The Balaban J connectivity index is 0.947. The van der Waals surface area contributed by atoms with Crippen LogP contribution < -0.4 is 0 Å². The van der Waals surface area contributed by atoms with Gasteiger partial charge in [0.1, 0.15) is 0 Å². The highest BCUT2D eigenvalue weighted by molar-refractivity contribution is 5.99. The molecule has 0 atom stereocenters. The average Bonchev–Trinajstić information content (AvgIpc) is 3.32. The molecule has 0 spiro atoms. The van der Waals surface area contributed by atoms with Crippen LogP contribution in [0.25, 0.3) is 101 Å². The van der Waals surface area contributed by atoms with Crippen LogP contribution in [0.3, 0.4) is 0 Å². The molecule has 0 saturated heterocycles. The Kier molecular flexibility index (Phi) is 9.18. The smallest absolute Gasteiger partial charge is 0.160 e. The molecule has 272 valence electrons. The van der Waals surface area contributed by atoms with E-state index >= 15 is 0 Å². The lowest BCUT2D eigenvalue weighted by molar-refractivity contribution is 1.18. The Hall–Kier alpha value is -7.82. The van der Waals surface area contributed by atoms with Crippen molar-refractivity contribution in [1.29, 1.82) is 0 Å². The van der Waals surface area contributed by atoms with E-state index < -0.39 is 0 Å². The van der Waals surface area contributed by atoms with Gasteiger partial charge in [0.25, 0.3) is 0 Å². The van der Waals surface area contributed by atoms with E-state index in [4.69, 9.17) is 19.9 Å². The van der Waals surface area contributed by atoms with Crippen molar-refractivity contribution in [1.82, 2.24) is 19.9 Å².